The Bertz CT molecular complexity index is 598. The topological polar surface area (TPSA) is 68.9 Å². The van der Waals surface area contributed by atoms with E-state index in [1.165, 1.54) is 11.3 Å². The average molecular weight is 218 g/mol. The van der Waals surface area contributed by atoms with Crippen molar-refractivity contribution in [3.63, 3.8) is 0 Å². The van der Waals surface area contributed by atoms with Gasteiger partial charge < -0.3 is 0 Å². The van der Waals surface area contributed by atoms with Crippen LogP contribution in [0.3, 0.4) is 0 Å². The van der Waals surface area contributed by atoms with E-state index in [4.69, 9.17) is 0 Å². The quantitative estimate of drug-likeness (QED) is 0.608. The molecule has 0 atom stereocenters. The monoisotopic (exact) mass is 218 g/mol. The first-order valence-corrected chi connectivity index (χ1v) is 5.11. The molecule has 3 aromatic heterocycles. The first-order valence-electron chi connectivity index (χ1n) is 4.30. The second-order valence-corrected chi connectivity index (χ2v) is 4.09. The van der Waals surface area contributed by atoms with Crippen molar-refractivity contribution in [2.75, 3.05) is 0 Å². The predicted octanol–water partition coefficient (Wildman–Crippen LogP) is 0.951. The zero-order valence-electron chi connectivity index (χ0n) is 7.82. The lowest BCUT2D eigenvalue weighted by Crippen LogP contribution is -1.93. The molecule has 3 heterocycles. The molecule has 0 N–H and O–H groups in total. The largest absolute Gasteiger partial charge is 0.261 e. The number of hydrogen-bond acceptors (Lipinski definition) is 6. The van der Waals surface area contributed by atoms with E-state index < -0.39 is 0 Å². The molecule has 7 heteroatoms. The SMILES string of the molecule is Cc1nn2c(-c3cnccn3)nnc2s1. The summed E-state index contributed by atoms with van der Waals surface area (Å²) in [6.45, 7) is 1.93. The summed E-state index contributed by atoms with van der Waals surface area (Å²) < 4.78 is 1.68. The Kier molecular flexibility index (Phi) is 1.72. The molecule has 0 fully saturated rings. The average Bonchev–Trinajstić information content (AvgIpc) is 2.77. The molecule has 0 aliphatic rings. The van der Waals surface area contributed by atoms with Gasteiger partial charge in [0.25, 0.3) is 0 Å². The molecular weight excluding hydrogens is 212 g/mol. The van der Waals surface area contributed by atoms with Crippen LogP contribution in [0, 0.1) is 6.92 Å². The second kappa shape index (κ2) is 3.06. The van der Waals surface area contributed by atoms with Gasteiger partial charge in [-0.05, 0) is 6.92 Å². The molecule has 0 saturated heterocycles. The maximum absolute atomic E-state index is 4.29. The van der Waals surface area contributed by atoms with E-state index in [0.29, 0.717) is 11.5 Å². The Labute approximate surface area is 88.6 Å². The van der Waals surface area contributed by atoms with Gasteiger partial charge in [0, 0.05) is 12.4 Å². The molecule has 15 heavy (non-hydrogen) atoms. The van der Waals surface area contributed by atoms with Gasteiger partial charge in [0.15, 0.2) is 0 Å². The number of aromatic nitrogens is 6. The standard InChI is InChI=1S/C8H6N6S/c1-5-13-14-7(11-12-8(14)15-5)6-4-9-2-3-10-6/h2-4H,1H3. The van der Waals surface area contributed by atoms with Crippen molar-refractivity contribution in [2.45, 2.75) is 6.92 Å². The van der Waals surface area contributed by atoms with Crippen molar-refractivity contribution in [1.29, 1.82) is 0 Å². The normalized spacial score (nSPS) is 11.0. The maximum atomic E-state index is 4.29. The molecule has 0 aromatic carbocycles. The van der Waals surface area contributed by atoms with E-state index in [0.717, 1.165) is 9.97 Å². The zero-order valence-corrected chi connectivity index (χ0v) is 8.64. The van der Waals surface area contributed by atoms with E-state index in [1.807, 2.05) is 6.92 Å². The molecule has 0 unspecified atom stereocenters. The highest BCUT2D eigenvalue weighted by Gasteiger charge is 2.12. The molecule has 74 valence electrons. The molecular formula is C8H6N6S. The number of hydrogen-bond donors (Lipinski definition) is 0. The molecule has 6 nitrogen and oxygen atoms in total. The fourth-order valence-corrected chi connectivity index (χ4v) is 1.97. The number of rotatable bonds is 1. The fraction of sp³-hybridized carbons (Fsp3) is 0.125. The molecule has 3 aromatic rings. The third kappa shape index (κ3) is 1.28. The summed E-state index contributed by atoms with van der Waals surface area (Å²) in [4.78, 5) is 8.92. The summed E-state index contributed by atoms with van der Waals surface area (Å²) in [7, 11) is 0. The van der Waals surface area contributed by atoms with Crippen LogP contribution in [0.2, 0.25) is 0 Å². The van der Waals surface area contributed by atoms with E-state index >= 15 is 0 Å². The third-order valence-electron chi connectivity index (χ3n) is 1.88. The van der Waals surface area contributed by atoms with Gasteiger partial charge in [-0.1, -0.05) is 11.3 Å². The molecule has 0 radical (unpaired) electrons. The molecule has 0 saturated carbocycles. The minimum atomic E-state index is 0.627. The van der Waals surface area contributed by atoms with E-state index in [1.54, 1.807) is 23.1 Å². The van der Waals surface area contributed by atoms with Crippen molar-refractivity contribution in [1.82, 2.24) is 29.8 Å². The van der Waals surface area contributed by atoms with E-state index in [9.17, 15) is 0 Å². The fourth-order valence-electron chi connectivity index (χ4n) is 1.29. The Balaban J connectivity index is 2.27. The van der Waals surface area contributed by atoms with Gasteiger partial charge in [-0.25, -0.2) is 4.98 Å². The number of nitrogens with zero attached hydrogens (tertiary/aromatic N) is 6. The summed E-state index contributed by atoms with van der Waals surface area (Å²) in [6.07, 6.45) is 4.88. The first-order chi connectivity index (χ1) is 7.34. The highest BCUT2D eigenvalue weighted by molar-refractivity contribution is 7.16. The van der Waals surface area contributed by atoms with Gasteiger partial charge >= 0.3 is 0 Å². The van der Waals surface area contributed by atoms with Crippen LogP contribution < -0.4 is 0 Å². The van der Waals surface area contributed by atoms with Gasteiger partial charge in [-0.3, -0.25) is 4.98 Å². The minimum absolute atomic E-state index is 0.627. The summed E-state index contributed by atoms with van der Waals surface area (Å²) in [5.41, 5.74) is 0.676. The highest BCUT2D eigenvalue weighted by Crippen LogP contribution is 2.18. The minimum Gasteiger partial charge on any atom is -0.261 e. The molecule has 3 rings (SSSR count). The van der Waals surface area contributed by atoms with E-state index in [2.05, 4.69) is 25.3 Å². The van der Waals surface area contributed by atoms with Crippen molar-refractivity contribution in [3.8, 4) is 11.5 Å². The van der Waals surface area contributed by atoms with Crippen molar-refractivity contribution >= 4 is 16.3 Å². The number of fused-ring (bicyclic) bond motifs is 1. The Morgan fingerprint density at radius 2 is 2.20 bits per heavy atom. The zero-order chi connectivity index (χ0) is 10.3. The molecule has 0 spiro atoms. The van der Waals surface area contributed by atoms with Gasteiger partial charge in [0.2, 0.25) is 10.8 Å². The third-order valence-corrected chi connectivity index (χ3v) is 2.70. The second-order valence-electron chi connectivity index (χ2n) is 2.93. The van der Waals surface area contributed by atoms with Crippen LogP contribution in [0.15, 0.2) is 18.6 Å². The lowest BCUT2D eigenvalue weighted by Gasteiger charge is -1.92. The van der Waals surface area contributed by atoms with Crippen LogP contribution in [-0.4, -0.2) is 29.8 Å². The molecule has 0 aliphatic carbocycles. The molecule has 0 amide bonds. The van der Waals surface area contributed by atoms with Crippen molar-refractivity contribution < 1.29 is 0 Å². The summed E-state index contributed by atoms with van der Waals surface area (Å²) >= 11 is 1.50. The molecule has 0 aliphatic heterocycles. The smallest absolute Gasteiger partial charge is 0.235 e. The van der Waals surface area contributed by atoms with Gasteiger partial charge in [0.1, 0.15) is 10.7 Å². The molecule has 0 bridgehead atoms. The highest BCUT2D eigenvalue weighted by atomic mass is 32.1. The maximum Gasteiger partial charge on any atom is 0.235 e. The lowest BCUT2D eigenvalue weighted by atomic mass is 10.4. The van der Waals surface area contributed by atoms with Crippen LogP contribution in [0.25, 0.3) is 16.5 Å². The summed E-state index contributed by atoms with van der Waals surface area (Å²) in [5.74, 6) is 0.627. The van der Waals surface area contributed by atoms with Crippen LogP contribution in [0.5, 0.6) is 0 Å². The Morgan fingerprint density at radius 3 is 3.00 bits per heavy atom. The first kappa shape index (κ1) is 8.42. The van der Waals surface area contributed by atoms with Crippen LogP contribution in [-0.2, 0) is 0 Å². The summed E-state index contributed by atoms with van der Waals surface area (Å²) in [6, 6.07) is 0. The van der Waals surface area contributed by atoms with Crippen molar-refractivity contribution in [3.05, 3.63) is 23.6 Å². The van der Waals surface area contributed by atoms with Crippen LogP contribution in [0.1, 0.15) is 5.01 Å². The van der Waals surface area contributed by atoms with Crippen LogP contribution >= 0.6 is 11.3 Å². The van der Waals surface area contributed by atoms with Gasteiger partial charge in [-0.15, -0.1) is 10.2 Å². The van der Waals surface area contributed by atoms with Crippen LogP contribution in [0.4, 0.5) is 0 Å². The Morgan fingerprint density at radius 1 is 1.27 bits per heavy atom. The van der Waals surface area contributed by atoms with Gasteiger partial charge in [-0.2, -0.15) is 9.61 Å². The summed E-state index contributed by atoms with van der Waals surface area (Å²) in [5, 5.41) is 13.3. The van der Waals surface area contributed by atoms with Gasteiger partial charge in [0.05, 0.1) is 6.20 Å². The van der Waals surface area contributed by atoms with E-state index in [-0.39, 0.29) is 0 Å². The Hall–Kier alpha value is -1.89. The van der Waals surface area contributed by atoms with Crippen molar-refractivity contribution in [2.24, 2.45) is 0 Å². The number of aryl methyl sites for hydroxylation is 1. The lowest BCUT2D eigenvalue weighted by molar-refractivity contribution is 0.931. The predicted molar refractivity (Wildman–Crippen MR) is 54.4 cm³/mol.